The van der Waals surface area contributed by atoms with E-state index < -0.39 is 54.7 Å². The first-order valence-electron chi connectivity index (χ1n) is 26.8. The van der Waals surface area contributed by atoms with Gasteiger partial charge >= 0.3 is 17.6 Å². The molecule has 9 unspecified atom stereocenters. The molecule has 11 rings (SSSR count). The van der Waals surface area contributed by atoms with Gasteiger partial charge in [-0.3, -0.25) is 4.79 Å². The van der Waals surface area contributed by atoms with Crippen LogP contribution in [0.4, 0.5) is 0 Å². The maximum absolute atomic E-state index is 15.4. The molecule has 9 atom stereocenters. The molecule has 3 aliphatic carbocycles. The van der Waals surface area contributed by atoms with E-state index in [1.165, 1.54) is 16.7 Å². The van der Waals surface area contributed by atoms with Crippen LogP contribution in [0.25, 0.3) is 11.0 Å². The van der Waals surface area contributed by atoms with Gasteiger partial charge < -0.3 is 43.8 Å². The second kappa shape index (κ2) is 22.5. The molecule has 4 heterocycles. The van der Waals surface area contributed by atoms with Crippen LogP contribution < -0.4 is 10.4 Å². The Morgan fingerprint density at radius 1 is 0.795 bits per heavy atom. The van der Waals surface area contributed by atoms with Crippen molar-refractivity contribution >= 4 is 22.9 Å². The van der Waals surface area contributed by atoms with Crippen LogP contribution in [0.1, 0.15) is 159 Å². The Kier molecular flexibility index (Phi) is 15.7. The van der Waals surface area contributed by atoms with Gasteiger partial charge in [-0.15, -0.1) is 0 Å². The molecule has 0 radical (unpaired) electrons. The molecule has 2 bridgehead atoms. The van der Waals surface area contributed by atoms with Crippen molar-refractivity contribution in [1.82, 2.24) is 0 Å². The van der Waals surface area contributed by atoms with Crippen LogP contribution in [0.5, 0.6) is 5.75 Å². The highest BCUT2D eigenvalue weighted by Gasteiger charge is 2.62. The molecule has 4 N–H and O–H groups in total. The van der Waals surface area contributed by atoms with Gasteiger partial charge in [-0.1, -0.05) is 98.1 Å². The molecule has 0 amide bonds. The first kappa shape index (κ1) is 50.9. The number of rotatable bonds is 11. The number of aryl methyl sites for hydroxylation is 1. The van der Waals surface area contributed by atoms with Gasteiger partial charge in [-0.25, -0.2) is 9.59 Å². The molecule has 3 aliphatic heterocycles. The van der Waals surface area contributed by atoms with E-state index in [0.29, 0.717) is 41.5 Å². The SMILES string of the molecule is CC(CO)=C1CCc2ccc(cc2)C2CCC(c3cccc(Cc4ccccc4)c3)CC2CC(=O)OC2c3c(ccc4c(CO)c(C(CCO)COCO)c(=O)oc34)OC3(CCCC4CCCCC43)C2OC1=O. The van der Waals surface area contributed by atoms with Gasteiger partial charge in [0, 0.05) is 41.4 Å². The van der Waals surface area contributed by atoms with Crippen molar-refractivity contribution in [2.45, 2.75) is 145 Å². The summed E-state index contributed by atoms with van der Waals surface area (Å²) in [6.07, 6.45) is 8.03. The fraction of sp³-hybridized carbons (Fsp3) is 0.492. The summed E-state index contributed by atoms with van der Waals surface area (Å²) in [7, 11) is 0. The number of aliphatic hydroxyl groups excluding tert-OH is 4. The highest BCUT2D eigenvalue weighted by Crippen LogP contribution is 2.58. The lowest BCUT2D eigenvalue weighted by Gasteiger charge is -2.56. The Labute approximate surface area is 427 Å². The van der Waals surface area contributed by atoms with Crippen molar-refractivity contribution in [1.29, 1.82) is 0 Å². The van der Waals surface area contributed by atoms with Crippen molar-refractivity contribution in [3.05, 3.63) is 157 Å². The van der Waals surface area contributed by atoms with Crippen LogP contribution in [0.2, 0.25) is 0 Å². The number of carbonyl (C=O) groups excluding carboxylic acids is 2. The summed E-state index contributed by atoms with van der Waals surface area (Å²) < 4.78 is 33.0. The number of ether oxygens (including phenoxy) is 4. The average molecular weight is 995 g/mol. The third-order valence-electron chi connectivity index (χ3n) is 17.3. The third kappa shape index (κ3) is 10.3. The molecule has 12 nitrogen and oxygen atoms in total. The minimum absolute atomic E-state index is 0.0352. The van der Waals surface area contributed by atoms with Gasteiger partial charge in [0.1, 0.15) is 18.1 Å². The Bertz CT molecular complexity index is 2850. The van der Waals surface area contributed by atoms with E-state index in [4.69, 9.17) is 23.4 Å². The van der Waals surface area contributed by atoms with Crippen molar-refractivity contribution in [2.24, 2.45) is 17.8 Å². The van der Waals surface area contributed by atoms with Gasteiger partial charge in [0.25, 0.3) is 0 Å². The van der Waals surface area contributed by atoms with E-state index in [-0.39, 0.29) is 84.5 Å². The van der Waals surface area contributed by atoms with Gasteiger partial charge in [0.15, 0.2) is 17.8 Å². The lowest BCUT2D eigenvalue weighted by atomic mass is 9.59. The lowest BCUT2D eigenvalue weighted by molar-refractivity contribution is -0.217. The molecular weight excluding hydrogens is 925 g/mol. The van der Waals surface area contributed by atoms with Crippen LogP contribution >= 0.6 is 0 Å². The highest BCUT2D eigenvalue weighted by molar-refractivity contribution is 5.90. The summed E-state index contributed by atoms with van der Waals surface area (Å²) in [5.41, 5.74) is 5.44. The standard InChI is InChI=1S/C61H70O12/c1-37(33-63)47-22-18-38-16-19-41(20-17-38)48-23-21-44(43-13-7-11-40(30-43)29-39-9-3-2-4-10-39)31-46(48)32-53(66)70-57-55-52(73-61(58(57)72-59(47)67)27-8-14-42-12-5-6-15-51(42)61)25-24-49-50(34-64)54(60(68)71-56(49)55)45(26-28-62)35-69-36-65/h2-4,7,9-11,13,16-17,19-20,24-25,30,42,44-46,48,51,57-58,62-65H,5-6,8,12,14-15,18,21-23,26-29,31-36H2,1H3. The zero-order valence-electron chi connectivity index (χ0n) is 42.0. The van der Waals surface area contributed by atoms with Crippen LogP contribution in [0.15, 0.2) is 111 Å². The number of aliphatic hydroxyl groups is 4. The number of fused-ring (bicyclic) bond motifs is 13. The number of hydrogen-bond acceptors (Lipinski definition) is 12. The molecule has 386 valence electrons. The van der Waals surface area contributed by atoms with E-state index in [1.807, 2.05) is 6.07 Å². The normalized spacial score (nSPS) is 27.4. The summed E-state index contributed by atoms with van der Waals surface area (Å²) in [4.78, 5) is 45.0. The monoisotopic (exact) mass is 994 g/mol. The molecule has 12 heteroatoms. The van der Waals surface area contributed by atoms with Crippen molar-refractivity contribution in [3.8, 4) is 5.75 Å². The van der Waals surface area contributed by atoms with E-state index >= 15 is 9.59 Å². The predicted octanol–water partition coefficient (Wildman–Crippen LogP) is 9.94. The summed E-state index contributed by atoms with van der Waals surface area (Å²) >= 11 is 0. The van der Waals surface area contributed by atoms with E-state index in [9.17, 15) is 25.2 Å². The van der Waals surface area contributed by atoms with Gasteiger partial charge in [0.2, 0.25) is 0 Å². The van der Waals surface area contributed by atoms with Crippen molar-refractivity contribution in [3.63, 3.8) is 0 Å². The first-order valence-corrected chi connectivity index (χ1v) is 26.8. The maximum Gasteiger partial charge on any atom is 0.340 e. The smallest absolute Gasteiger partial charge is 0.340 e. The Balaban J connectivity index is 1.12. The predicted molar refractivity (Wildman–Crippen MR) is 275 cm³/mol. The highest BCUT2D eigenvalue weighted by atomic mass is 16.6. The minimum Gasteiger partial charge on any atom is -0.482 e. The molecule has 1 spiro atoms. The molecule has 3 fully saturated rings. The molecule has 3 saturated carbocycles. The van der Waals surface area contributed by atoms with Gasteiger partial charge in [0.05, 0.1) is 25.4 Å². The maximum atomic E-state index is 15.4. The van der Waals surface area contributed by atoms with Crippen LogP contribution in [0.3, 0.4) is 0 Å². The number of esters is 2. The third-order valence-corrected chi connectivity index (χ3v) is 17.3. The molecule has 6 aliphatic rings. The summed E-state index contributed by atoms with van der Waals surface area (Å²) in [6.45, 7) is -0.225. The fourth-order valence-electron chi connectivity index (χ4n) is 13.8. The van der Waals surface area contributed by atoms with Crippen LogP contribution in [0, 0.1) is 17.8 Å². The topological polar surface area (TPSA) is 182 Å². The zero-order valence-corrected chi connectivity index (χ0v) is 42.0. The molecule has 1 aromatic heterocycles. The molecule has 0 saturated heterocycles. The van der Waals surface area contributed by atoms with Gasteiger partial charge in [-0.05, 0) is 152 Å². The fourth-order valence-corrected chi connectivity index (χ4v) is 13.8. The zero-order chi connectivity index (χ0) is 50.6. The number of carbonyl (C=O) groups is 2. The van der Waals surface area contributed by atoms with Crippen molar-refractivity contribution in [2.75, 3.05) is 26.6 Å². The molecule has 5 aromatic rings. The lowest BCUT2D eigenvalue weighted by Crippen LogP contribution is -2.63. The quantitative estimate of drug-likeness (QED) is 0.0426. The molecular formula is C61H70O12. The summed E-state index contributed by atoms with van der Waals surface area (Å²) in [5, 5.41) is 41.7. The van der Waals surface area contributed by atoms with Crippen LogP contribution in [-0.4, -0.2) is 70.7 Å². The van der Waals surface area contributed by atoms with Crippen molar-refractivity contribution < 1.29 is 53.4 Å². The summed E-state index contributed by atoms with van der Waals surface area (Å²) in [6, 6.07) is 31.4. The van der Waals surface area contributed by atoms with E-state index in [0.717, 1.165) is 75.3 Å². The molecule has 4 aromatic carbocycles. The Hall–Kier alpha value is -5.63. The Morgan fingerprint density at radius 3 is 2.37 bits per heavy atom. The Morgan fingerprint density at radius 2 is 1.59 bits per heavy atom. The second-order valence-electron chi connectivity index (χ2n) is 21.5. The minimum atomic E-state index is -1.30. The van der Waals surface area contributed by atoms with E-state index in [2.05, 4.69) is 72.8 Å². The van der Waals surface area contributed by atoms with Crippen LogP contribution in [-0.2, 0) is 43.2 Å². The second-order valence-corrected chi connectivity index (χ2v) is 21.5. The average Bonchev–Trinajstić information content (AvgIpc) is 3.40. The largest absolute Gasteiger partial charge is 0.482 e. The first-order chi connectivity index (χ1) is 35.6. The summed E-state index contributed by atoms with van der Waals surface area (Å²) in [5.74, 6) is -1.14. The number of benzene rings is 4. The van der Waals surface area contributed by atoms with Gasteiger partial charge in [-0.2, -0.15) is 0 Å². The van der Waals surface area contributed by atoms with E-state index in [1.54, 1.807) is 19.1 Å². The molecule has 73 heavy (non-hydrogen) atoms. The number of hydrogen-bond donors (Lipinski definition) is 4.